The number of aromatic nitrogens is 3. The highest BCUT2D eigenvalue weighted by atomic mass is 35.5. The summed E-state index contributed by atoms with van der Waals surface area (Å²) in [6, 6.07) is 1.97. The average molecular weight is 480 g/mol. The van der Waals surface area contributed by atoms with Gasteiger partial charge in [-0.15, -0.1) is 0 Å². The number of ether oxygens (including phenoxy) is 1. The zero-order valence-corrected chi connectivity index (χ0v) is 19.7. The van der Waals surface area contributed by atoms with Crippen molar-refractivity contribution in [3.63, 3.8) is 0 Å². The van der Waals surface area contributed by atoms with Crippen molar-refractivity contribution in [2.45, 2.75) is 38.6 Å². The van der Waals surface area contributed by atoms with Gasteiger partial charge in [-0.05, 0) is 19.8 Å². The standard InChI is InChI=1S/C21H27Cl2N7O2/c1-12-16(20(31)32-2)19(26-13-5-3-4-6-13)29-21(25-12)28-15-11-14(22)17(18(23)27-15)30-9-7-24-8-10-30/h11,13,24H,3-10H2,1-2H3,(H2,25,26,27,28,29). The van der Waals surface area contributed by atoms with Crippen LogP contribution >= 0.6 is 23.2 Å². The third-order valence-corrected chi connectivity index (χ3v) is 6.30. The van der Waals surface area contributed by atoms with E-state index in [-0.39, 0.29) is 6.04 Å². The van der Waals surface area contributed by atoms with Crippen molar-refractivity contribution in [2.24, 2.45) is 0 Å². The van der Waals surface area contributed by atoms with Crippen LogP contribution in [0.1, 0.15) is 41.7 Å². The van der Waals surface area contributed by atoms with E-state index in [1.54, 1.807) is 13.0 Å². The summed E-state index contributed by atoms with van der Waals surface area (Å²) in [5, 5.41) is 10.6. The largest absolute Gasteiger partial charge is 0.465 e. The van der Waals surface area contributed by atoms with Crippen molar-refractivity contribution in [3.8, 4) is 0 Å². The molecule has 172 valence electrons. The molecule has 3 heterocycles. The maximum atomic E-state index is 12.4. The molecule has 0 radical (unpaired) electrons. The molecule has 1 saturated heterocycles. The third kappa shape index (κ3) is 5.00. The smallest absolute Gasteiger partial charge is 0.343 e. The van der Waals surface area contributed by atoms with Gasteiger partial charge in [0.1, 0.15) is 17.2 Å². The van der Waals surface area contributed by atoms with E-state index in [2.05, 4.69) is 35.8 Å². The molecule has 2 aromatic rings. The number of nitrogens with zero attached hydrogens (tertiary/aromatic N) is 4. The lowest BCUT2D eigenvalue weighted by Crippen LogP contribution is -2.43. The molecule has 2 fully saturated rings. The summed E-state index contributed by atoms with van der Waals surface area (Å²) in [5.41, 5.74) is 1.56. The monoisotopic (exact) mass is 479 g/mol. The Labute approximate surface area is 197 Å². The van der Waals surface area contributed by atoms with E-state index in [1.807, 2.05) is 0 Å². The number of hydrogen-bond donors (Lipinski definition) is 3. The molecule has 0 aromatic carbocycles. The summed E-state index contributed by atoms with van der Waals surface area (Å²) in [5.74, 6) is 0.702. The molecule has 32 heavy (non-hydrogen) atoms. The Morgan fingerprint density at radius 1 is 1.19 bits per heavy atom. The number of rotatable bonds is 6. The molecule has 2 aromatic heterocycles. The maximum absolute atomic E-state index is 12.4. The lowest BCUT2D eigenvalue weighted by atomic mass is 10.2. The molecule has 0 spiro atoms. The molecule has 2 aliphatic rings. The summed E-state index contributed by atoms with van der Waals surface area (Å²) < 4.78 is 4.95. The van der Waals surface area contributed by atoms with Crippen LogP contribution in [0.3, 0.4) is 0 Å². The first kappa shape index (κ1) is 22.8. The van der Waals surface area contributed by atoms with E-state index >= 15 is 0 Å². The molecule has 1 aliphatic heterocycles. The van der Waals surface area contributed by atoms with Crippen LogP contribution in [0.2, 0.25) is 10.2 Å². The number of hydrogen-bond acceptors (Lipinski definition) is 9. The number of halogens is 2. The number of carbonyl (C=O) groups excluding carboxylic acids is 1. The molecule has 9 nitrogen and oxygen atoms in total. The van der Waals surface area contributed by atoms with Gasteiger partial charge in [0.05, 0.1) is 23.5 Å². The van der Waals surface area contributed by atoms with E-state index in [1.165, 1.54) is 7.11 Å². The van der Waals surface area contributed by atoms with E-state index < -0.39 is 5.97 Å². The third-order valence-electron chi connectivity index (χ3n) is 5.75. The molecule has 4 rings (SSSR count). The van der Waals surface area contributed by atoms with Crippen molar-refractivity contribution < 1.29 is 9.53 Å². The Bertz CT molecular complexity index is 969. The molecule has 1 saturated carbocycles. The van der Waals surface area contributed by atoms with Crippen LogP contribution in [0, 0.1) is 6.92 Å². The SMILES string of the molecule is COC(=O)c1c(C)nc(Nc2cc(Cl)c(N3CCNCC3)c(Cl)n2)nc1NC1CCCC1. The van der Waals surface area contributed by atoms with Crippen LogP contribution in [0.5, 0.6) is 0 Å². The van der Waals surface area contributed by atoms with Gasteiger partial charge in [0.25, 0.3) is 0 Å². The van der Waals surface area contributed by atoms with Crippen LogP contribution in [-0.4, -0.2) is 60.3 Å². The molecule has 0 bridgehead atoms. The number of esters is 1. The summed E-state index contributed by atoms with van der Waals surface area (Å²) >= 11 is 13.0. The summed E-state index contributed by atoms with van der Waals surface area (Å²) in [6.07, 6.45) is 4.38. The lowest BCUT2D eigenvalue weighted by Gasteiger charge is -2.30. The highest BCUT2D eigenvalue weighted by Gasteiger charge is 2.24. The predicted octanol–water partition coefficient (Wildman–Crippen LogP) is 3.78. The fraction of sp³-hybridized carbons (Fsp3) is 0.524. The van der Waals surface area contributed by atoms with Gasteiger partial charge in [0.2, 0.25) is 5.95 Å². The van der Waals surface area contributed by atoms with Crippen molar-refractivity contribution in [1.82, 2.24) is 20.3 Å². The van der Waals surface area contributed by atoms with Crippen molar-refractivity contribution in [3.05, 3.63) is 27.5 Å². The van der Waals surface area contributed by atoms with Crippen molar-refractivity contribution >= 4 is 52.4 Å². The summed E-state index contributed by atoms with van der Waals surface area (Å²) in [7, 11) is 1.35. The van der Waals surface area contributed by atoms with Gasteiger partial charge in [-0.2, -0.15) is 4.98 Å². The molecule has 0 unspecified atom stereocenters. The van der Waals surface area contributed by atoms with Gasteiger partial charge in [0.15, 0.2) is 5.15 Å². The Balaban J connectivity index is 1.62. The van der Waals surface area contributed by atoms with Crippen LogP contribution in [0.4, 0.5) is 23.3 Å². The number of pyridine rings is 1. The lowest BCUT2D eigenvalue weighted by molar-refractivity contribution is 0.0600. The molecule has 3 N–H and O–H groups in total. The normalized spacial score (nSPS) is 16.8. The fourth-order valence-electron chi connectivity index (χ4n) is 4.17. The summed E-state index contributed by atoms with van der Waals surface area (Å²) in [4.78, 5) is 27.9. The second-order valence-electron chi connectivity index (χ2n) is 7.96. The van der Waals surface area contributed by atoms with E-state index in [9.17, 15) is 4.79 Å². The highest BCUT2D eigenvalue weighted by Crippen LogP contribution is 2.35. The minimum atomic E-state index is -0.473. The summed E-state index contributed by atoms with van der Waals surface area (Å²) in [6.45, 7) is 5.09. The first-order chi connectivity index (χ1) is 15.5. The zero-order valence-electron chi connectivity index (χ0n) is 18.2. The van der Waals surface area contributed by atoms with Gasteiger partial charge < -0.3 is 25.6 Å². The quantitative estimate of drug-likeness (QED) is 0.421. The number of aryl methyl sites for hydroxylation is 1. The molecular formula is C21H27Cl2N7O2. The minimum absolute atomic E-state index is 0.265. The van der Waals surface area contributed by atoms with Gasteiger partial charge in [-0.25, -0.2) is 14.8 Å². The van der Waals surface area contributed by atoms with Gasteiger partial charge in [-0.1, -0.05) is 36.0 Å². The van der Waals surface area contributed by atoms with Crippen molar-refractivity contribution in [2.75, 3.05) is 48.8 Å². The average Bonchev–Trinajstić information content (AvgIpc) is 3.26. The second kappa shape index (κ2) is 10.1. The Hall–Kier alpha value is -2.36. The Morgan fingerprint density at radius 3 is 2.56 bits per heavy atom. The maximum Gasteiger partial charge on any atom is 0.343 e. The molecule has 0 amide bonds. The Kier molecular flexibility index (Phi) is 7.17. The fourth-order valence-corrected chi connectivity index (χ4v) is 4.84. The van der Waals surface area contributed by atoms with Gasteiger partial charge in [0, 0.05) is 38.3 Å². The topological polar surface area (TPSA) is 104 Å². The molecular weight excluding hydrogens is 453 g/mol. The molecule has 0 atom stereocenters. The number of nitrogens with one attached hydrogen (secondary N) is 3. The predicted molar refractivity (Wildman–Crippen MR) is 127 cm³/mol. The Morgan fingerprint density at radius 2 is 1.91 bits per heavy atom. The van der Waals surface area contributed by atoms with Gasteiger partial charge in [-0.3, -0.25) is 0 Å². The first-order valence-electron chi connectivity index (χ1n) is 10.8. The first-order valence-corrected chi connectivity index (χ1v) is 11.5. The van der Waals surface area contributed by atoms with Crippen LogP contribution in [-0.2, 0) is 4.74 Å². The van der Waals surface area contributed by atoms with Gasteiger partial charge >= 0.3 is 5.97 Å². The van der Waals surface area contributed by atoms with Crippen LogP contribution in [0.15, 0.2) is 6.07 Å². The number of anilines is 4. The molecule has 11 heteroatoms. The van der Waals surface area contributed by atoms with Crippen LogP contribution < -0.4 is 20.9 Å². The number of carbonyl (C=O) groups is 1. The van der Waals surface area contributed by atoms with E-state index in [4.69, 9.17) is 27.9 Å². The zero-order chi connectivity index (χ0) is 22.7. The molecule has 1 aliphatic carbocycles. The highest BCUT2D eigenvalue weighted by molar-refractivity contribution is 6.38. The van der Waals surface area contributed by atoms with E-state index in [0.29, 0.717) is 39.0 Å². The van der Waals surface area contributed by atoms with E-state index in [0.717, 1.165) is 57.5 Å². The van der Waals surface area contributed by atoms with Crippen LogP contribution in [0.25, 0.3) is 0 Å². The van der Waals surface area contributed by atoms with Crippen molar-refractivity contribution in [1.29, 1.82) is 0 Å². The number of piperazine rings is 1. The minimum Gasteiger partial charge on any atom is -0.465 e. The number of methoxy groups -OCH3 is 1. The second-order valence-corrected chi connectivity index (χ2v) is 8.73.